The smallest absolute Gasteiger partial charge is 0.233 e. The van der Waals surface area contributed by atoms with E-state index in [9.17, 15) is 4.79 Å². The Morgan fingerprint density at radius 2 is 2.25 bits per heavy atom. The Balaban J connectivity index is 1.51. The van der Waals surface area contributed by atoms with Gasteiger partial charge >= 0.3 is 0 Å². The molecule has 10 heteroatoms. The maximum atomic E-state index is 12.3. The van der Waals surface area contributed by atoms with Crippen molar-refractivity contribution >= 4 is 17.7 Å². The van der Waals surface area contributed by atoms with Gasteiger partial charge in [0.05, 0.1) is 12.3 Å². The number of rotatable bonds is 5. The van der Waals surface area contributed by atoms with Gasteiger partial charge in [0.15, 0.2) is 0 Å². The number of hydrogen-bond acceptors (Lipinski definition) is 8. The molecule has 3 rings (SSSR count). The molecule has 1 fully saturated rings. The molecule has 0 aliphatic carbocycles. The second kappa shape index (κ2) is 7.12. The van der Waals surface area contributed by atoms with Crippen molar-refractivity contribution in [1.29, 1.82) is 0 Å². The summed E-state index contributed by atoms with van der Waals surface area (Å²) in [7, 11) is 1.75. The van der Waals surface area contributed by atoms with Crippen LogP contribution in [0.2, 0.25) is 0 Å². The second-order valence-corrected chi connectivity index (χ2v) is 6.58. The Morgan fingerprint density at radius 3 is 2.96 bits per heavy atom. The number of hydrogen-bond donors (Lipinski definition) is 0. The van der Waals surface area contributed by atoms with Crippen LogP contribution in [0.1, 0.15) is 17.9 Å². The predicted molar refractivity (Wildman–Crippen MR) is 86.6 cm³/mol. The molecule has 0 unspecified atom stereocenters. The van der Waals surface area contributed by atoms with Gasteiger partial charge in [0.25, 0.3) is 0 Å². The largest absolute Gasteiger partial charge is 0.472 e. The number of carbonyl (C=O) groups is 1. The average molecular weight is 349 g/mol. The van der Waals surface area contributed by atoms with Gasteiger partial charge in [-0.05, 0) is 24.3 Å². The van der Waals surface area contributed by atoms with Crippen LogP contribution in [0.5, 0.6) is 5.88 Å². The summed E-state index contributed by atoms with van der Waals surface area (Å²) in [5, 5.41) is 11.8. The highest BCUT2D eigenvalue weighted by molar-refractivity contribution is 7.99. The van der Waals surface area contributed by atoms with Gasteiger partial charge in [0.2, 0.25) is 16.9 Å². The number of thioether (sulfide) groups is 1. The summed E-state index contributed by atoms with van der Waals surface area (Å²) in [5.41, 5.74) is 0.872. The van der Waals surface area contributed by atoms with E-state index in [0.717, 1.165) is 12.1 Å². The molecule has 0 radical (unpaired) electrons. The second-order valence-electron chi connectivity index (χ2n) is 5.64. The zero-order chi connectivity index (χ0) is 17.1. The van der Waals surface area contributed by atoms with E-state index in [1.54, 1.807) is 11.7 Å². The first kappa shape index (κ1) is 16.6. The molecule has 0 spiro atoms. The first-order chi connectivity index (χ1) is 11.5. The minimum absolute atomic E-state index is 0.0378. The molecule has 1 aliphatic rings. The standard InChI is InChI=1S/C14H19N7O2S/c1-9-6-12(16-10(2)15-9)23-11-4-5-21(7-11)13(22)8-24-14-17-18-19-20(14)3/h6,11H,4-5,7-8H2,1-3H3/t11-/m0/s1. The van der Waals surface area contributed by atoms with Crippen molar-refractivity contribution in [2.75, 3.05) is 18.8 Å². The lowest BCUT2D eigenvalue weighted by atomic mass is 10.3. The maximum Gasteiger partial charge on any atom is 0.233 e. The molecule has 9 nitrogen and oxygen atoms in total. The van der Waals surface area contributed by atoms with Crippen LogP contribution in [0.15, 0.2) is 11.2 Å². The summed E-state index contributed by atoms with van der Waals surface area (Å²) in [5.74, 6) is 1.62. The molecule has 1 atom stereocenters. The summed E-state index contributed by atoms with van der Waals surface area (Å²) in [6.07, 6.45) is 0.758. The van der Waals surface area contributed by atoms with Crippen molar-refractivity contribution < 1.29 is 9.53 Å². The van der Waals surface area contributed by atoms with Crippen molar-refractivity contribution in [3.8, 4) is 5.88 Å². The van der Waals surface area contributed by atoms with E-state index in [1.807, 2.05) is 24.8 Å². The number of tetrazole rings is 1. The van der Waals surface area contributed by atoms with Gasteiger partial charge < -0.3 is 9.64 Å². The van der Waals surface area contributed by atoms with E-state index < -0.39 is 0 Å². The lowest BCUT2D eigenvalue weighted by molar-refractivity contribution is -0.127. The fourth-order valence-corrected chi connectivity index (χ4v) is 3.28. The van der Waals surface area contributed by atoms with Crippen LogP contribution in [0.25, 0.3) is 0 Å². The number of carbonyl (C=O) groups excluding carboxylic acids is 1. The van der Waals surface area contributed by atoms with Gasteiger partial charge in [-0.1, -0.05) is 11.8 Å². The molecular formula is C14H19N7O2S. The molecule has 1 aliphatic heterocycles. The van der Waals surface area contributed by atoms with E-state index in [4.69, 9.17) is 4.74 Å². The number of aromatic nitrogens is 6. The van der Waals surface area contributed by atoms with E-state index >= 15 is 0 Å². The number of aryl methyl sites for hydroxylation is 3. The summed E-state index contributed by atoms with van der Waals surface area (Å²) in [6.45, 7) is 5.00. The topological polar surface area (TPSA) is 98.9 Å². The van der Waals surface area contributed by atoms with Gasteiger partial charge in [-0.15, -0.1) is 5.10 Å². The minimum Gasteiger partial charge on any atom is -0.472 e. The Morgan fingerprint density at radius 1 is 1.42 bits per heavy atom. The number of ether oxygens (including phenoxy) is 1. The van der Waals surface area contributed by atoms with Crippen LogP contribution in [-0.4, -0.2) is 65.9 Å². The monoisotopic (exact) mass is 349 g/mol. The lowest BCUT2D eigenvalue weighted by Crippen LogP contribution is -2.32. The van der Waals surface area contributed by atoms with E-state index in [0.29, 0.717) is 35.7 Å². The van der Waals surface area contributed by atoms with Gasteiger partial charge in [0.1, 0.15) is 11.9 Å². The summed E-state index contributed by atoms with van der Waals surface area (Å²) in [4.78, 5) is 22.6. The van der Waals surface area contributed by atoms with Crippen molar-refractivity contribution in [2.24, 2.45) is 7.05 Å². The molecule has 0 N–H and O–H groups in total. The van der Waals surface area contributed by atoms with E-state index in [-0.39, 0.29) is 12.0 Å². The Kier molecular flexibility index (Phi) is 4.93. The maximum absolute atomic E-state index is 12.3. The van der Waals surface area contributed by atoms with Gasteiger partial charge in [-0.2, -0.15) is 4.98 Å². The molecule has 0 saturated carbocycles. The third-order valence-electron chi connectivity index (χ3n) is 3.63. The molecule has 1 saturated heterocycles. The summed E-state index contributed by atoms with van der Waals surface area (Å²) < 4.78 is 7.45. The van der Waals surface area contributed by atoms with Crippen molar-refractivity contribution in [3.63, 3.8) is 0 Å². The predicted octanol–water partition coefficient (Wildman–Crippen LogP) is 0.389. The first-order valence-corrected chi connectivity index (χ1v) is 8.61. The molecule has 0 aromatic carbocycles. The number of likely N-dealkylation sites (tertiary alicyclic amines) is 1. The van der Waals surface area contributed by atoms with Crippen LogP contribution in [0, 0.1) is 13.8 Å². The summed E-state index contributed by atoms with van der Waals surface area (Å²) in [6, 6.07) is 1.81. The zero-order valence-electron chi connectivity index (χ0n) is 13.8. The minimum atomic E-state index is -0.0378. The Bertz CT molecular complexity index is 715. The third kappa shape index (κ3) is 3.99. The van der Waals surface area contributed by atoms with Gasteiger partial charge in [0, 0.05) is 31.8 Å². The fraction of sp³-hybridized carbons (Fsp3) is 0.571. The SMILES string of the molecule is Cc1cc(O[C@H]2CCN(C(=O)CSc3nnnn3C)C2)nc(C)n1. The number of nitrogens with zero attached hydrogens (tertiary/aromatic N) is 7. The Labute approximate surface area is 143 Å². The molecule has 128 valence electrons. The fourth-order valence-electron chi connectivity index (χ4n) is 2.53. The van der Waals surface area contributed by atoms with Crippen molar-refractivity contribution in [1.82, 2.24) is 35.1 Å². The van der Waals surface area contributed by atoms with Crippen LogP contribution >= 0.6 is 11.8 Å². The van der Waals surface area contributed by atoms with Gasteiger partial charge in [-0.3, -0.25) is 4.79 Å². The van der Waals surface area contributed by atoms with Crippen molar-refractivity contribution in [3.05, 3.63) is 17.6 Å². The average Bonchev–Trinajstić information content (AvgIpc) is 3.13. The highest BCUT2D eigenvalue weighted by Gasteiger charge is 2.28. The third-order valence-corrected chi connectivity index (χ3v) is 4.63. The first-order valence-electron chi connectivity index (χ1n) is 7.63. The molecule has 2 aromatic rings. The van der Waals surface area contributed by atoms with Gasteiger partial charge in [-0.25, -0.2) is 9.67 Å². The van der Waals surface area contributed by atoms with Crippen molar-refractivity contribution in [2.45, 2.75) is 31.5 Å². The molecular weight excluding hydrogens is 330 g/mol. The molecule has 1 amide bonds. The van der Waals surface area contributed by atoms with Crippen LogP contribution in [0.3, 0.4) is 0 Å². The quantitative estimate of drug-likeness (QED) is 0.715. The van der Waals surface area contributed by atoms with Crippen LogP contribution < -0.4 is 4.74 Å². The highest BCUT2D eigenvalue weighted by Crippen LogP contribution is 2.19. The van der Waals surface area contributed by atoms with E-state index in [2.05, 4.69) is 25.5 Å². The van der Waals surface area contributed by atoms with Crippen LogP contribution in [0.4, 0.5) is 0 Å². The number of amides is 1. The normalized spacial score (nSPS) is 17.3. The van der Waals surface area contributed by atoms with E-state index in [1.165, 1.54) is 11.8 Å². The zero-order valence-corrected chi connectivity index (χ0v) is 14.7. The summed E-state index contributed by atoms with van der Waals surface area (Å²) >= 11 is 1.33. The molecule has 0 bridgehead atoms. The highest BCUT2D eigenvalue weighted by atomic mass is 32.2. The lowest BCUT2D eigenvalue weighted by Gasteiger charge is -2.16. The molecule has 24 heavy (non-hydrogen) atoms. The molecule has 2 aromatic heterocycles. The Hall–Kier alpha value is -2.23. The molecule has 3 heterocycles. The van der Waals surface area contributed by atoms with Crippen LogP contribution in [-0.2, 0) is 11.8 Å².